The minimum Gasteiger partial charge on any atom is -0.461 e. The van der Waals surface area contributed by atoms with E-state index in [2.05, 4.69) is 20.8 Å². The highest BCUT2D eigenvalue weighted by molar-refractivity contribution is 8.90. The van der Waals surface area contributed by atoms with Crippen LogP contribution in [0.4, 0.5) is 30.7 Å². The van der Waals surface area contributed by atoms with Crippen LogP contribution in [0.25, 0.3) is 0 Å². The molecule has 0 aliphatic heterocycles. The molecular formula is C32H31F7O7S2. The molecule has 0 radical (unpaired) electrons. The standard InChI is InChI=1S/C32H31F7O7S2/c1-3-27(40)46-30(31(35,36)37,28(41)44-4-2)45-23-15-14-22-29(33,34)32(38,39)48(42,43)47(24-16-8-5-9-17-24,25-18-10-6-11-19-25)26-20-12-7-13-21-26/h3,5-13,16-21H,1,4,14-15,22-23H2,2H3. The van der Waals surface area contributed by atoms with Crippen molar-refractivity contribution in [3.8, 4) is 0 Å². The van der Waals surface area contributed by atoms with Crippen LogP contribution in [-0.2, 0) is 32.7 Å². The maximum atomic E-state index is 16.1. The average molecular weight is 725 g/mol. The Bertz CT molecular complexity index is 1560. The van der Waals surface area contributed by atoms with Gasteiger partial charge in [0.1, 0.15) is 0 Å². The lowest BCUT2D eigenvalue weighted by Gasteiger charge is -2.43. The number of rotatable bonds is 16. The van der Waals surface area contributed by atoms with Crippen LogP contribution in [0.2, 0.25) is 0 Å². The van der Waals surface area contributed by atoms with E-state index in [9.17, 15) is 31.2 Å². The lowest BCUT2D eigenvalue weighted by Crippen LogP contribution is -2.58. The highest BCUT2D eigenvalue weighted by Gasteiger charge is 2.71. The van der Waals surface area contributed by atoms with E-state index < -0.39 is 85.5 Å². The Morgan fingerprint density at radius 2 is 1.19 bits per heavy atom. The summed E-state index contributed by atoms with van der Waals surface area (Å²) in [4.78, 5) is 23.3. The fourth-order valence-electron chi connectivity index (χ4n) is 4.57. The minimum absolute atomic E-state index is 0.164. The first-order valence-electron chi connectivity index (χ1n) is 14.2. The molecule has 0 saturated carbocycles. The van der Waals surface area contributed by atoms with Crippen molar-refractivity contribution in [3.63, 3.8) is 0 Å². The molecule has 0 amide bonds. The molecule has 0 heterocycles. The molecule has 3 aromatic rings. The van der Waals surface area contributed by atoms with Gasteiger partial charge in [-0.3, -0.25) is 0 Å². The molecule has 7 nitrogen and oxygen atoms in total. The van der Waals surface area contributed by atoms with E-state index in [1.807, 2.05) is 0 Å². The number of hydrogen-bond acceptors (Lipinski definition) is 7. The van der Waals surface area contributed by atoms with Crippen molar-refractivity contribution in [2.45, 2.75) is 64.0 Å². The van der Waals surface area contributed by atoms with Crippen molar-refractivity contribution in [2.75, 3.05) is 13.2 Å². The first-order chi connectivity index (χ1) is 22.5. The van der Waals surface area contributed by atoms with Gasteiger partial charge in [-0.2, -0.15) is 30.7 Å². The predicted molar refractivity (Wildman–Crippen MR) is 162 cm³/mol. The number of carbonyl (C=O) groups excluding carboxylic acids is 2. The Morgan fingerprint density at radius 1 is 0.750 bits per heavy atom. The number of esters is 2. The van der Waals surface area contributed by atoms with Crippen LogP contribution < -0.4 is 0 Å². The summed E-state index contributed by atoms with van der Waals surface area (Å²) in [6.07, 6.45) is -9.07. The van der Waals surface area contributed by atoms with Crippen LogP contribution in [0.3, 0.4) is 0 Å². The maximum Gasteiger partial charge on any atom is 0.468 e. The Morgan fingerprint density at radius 3 is 1.56 bits per heavy atom. The number of unbranched alkanes of at least 4 members (excludes halogenated alkanes) is 1. The van der Waals surface area contributed by atoms with Crippen LogP contribution in [0.5, 0.6) is 0 Å². The zero-order valence-corrected chi connectivity index (χ0v) is 26.9. The van der Waals surface area contributed by atoms with Crippen LogP contribution in [0.1, 0.15) is 26.2 Å². The molecule has 1 atom stereocenters. The molecular weight excluding hydrogens is 693 g/mol. The molecule has 0 bridgehead atoms. The van der Waals surface area contributed by atoms with Crippen molar-refractivity contribution in [2.24, 2.45) is 0 Å². The molecule has 16 heteroatoms. The van der Waals surface area contributed by atoms with Gasteiger partial charge in [-0.1, -0.05) is 70.2 Å². The fourth-order valence-corrected chi connectivity index (χ4v) is 13.1. The first-order valence-corrected chi connectivity index (χ1v) is 17.8. The maximum absolute atomic E-state index is 16.1. The molecule has 48 heavy (non-hydrogen) atoms. The molecule has 262 valence electrons. The topological polar surface area (TPSA) is 96.0 Å². The molecule has 3 aromatic carbocycles. The lowest BCUT2D eigenvalue weighted by atomic mass is 10.1. The number of halogens is 7. The van der Waals surface area contributed by atoms with Crippen LogP contribution in [0, 0.1) is 0 Å². The Balaban J connectivity index is 1.99. The quantitative estimate of drug-likeness (QED) is 0.0367. The number of alkyl halides is 7. The van der Waals surface area contributed by atoms with Crippen molar-refractivity contribution >= 4 is 29.9 Å². The summed E-state index contributed by atoms with van der Waals surface area (Å²) < 4.78 is 147. The SMILES string of the molecule is C=CC(=O)OC(OCCCCC(F)(F)C(F)(F)S(=O)(=O)S(c1ccccc1)(c1ccccc1)c1ccccc1)(C(=O)OCC)C(F)(F)F. The van der Waals surface area contributed by atoms with Crippen LogP contribution >= 0.6 is 9.06 Å². The molecule has 3 rings (SSSR count). The van der Waals surface area contributed by atoms with Gasteiger partial charge in [0.15, 0.2) is 0 Å². The third-order valence-corrected chi connectivity index (χ3v) is 15.5. The summed E-state index contributed by atoms with van der Waals surface area (Å²) in [5, 5.41) is -5.71. The summed E-state index contributed by atoms with van der Waals surface area (Å²) in [5.74, 6) is -13.5. The van der Waals surface area contributed by atoms with E-state index in [-0.39, 0.29) is 14.7 Å². The van der Waals surface area contributed by atoms with Gasteiger partial charge in [0.05, 0.1) is 13.2 Å². The van der Waals surface area contributed by atoms with Crippen molar-refractivity contribution in [1.29, 1.82) is 0 Å². The second-order valence-electron chi connectivity index (χ2n) is 9.94. The Hall–Kier alpha value is -3.89. The van der Waals surface area contributed by atoms with Gasteiger partial charge in [-0.15, -0.1) is 0 Å². The van der Waals surface area contributed by atoms with E-state index >= 15 is 17.6 Å². The molecule has 1 unspecified atom stereocenters. The summed E-state index contributed by atoms with van der Waals surface area (Å²) in [6, 6.07) is 20.4. The number of ether oxygens (including phenoxy) is 3. The Labute approximate surface area is 273 Å². The second-order valence-corrected chi connectivity index (χ2v) is 16.7. The Kier molecular flexibility index (Phi) is 12.1. The van der Waals surface area contributed by atoms with E-state index in [4.69, 9.17) is 0 Å². The first kappa shape index (κ1) is 38.6. The normalized spacial score (nSPS) is 14.4. The molecule has 0 saturated heterocycles. The highest BCUT2D eigenvalue weighted by Crippen LogP contribution is 2.76. The van der Waals surface area contributed by atoms with Crippen molar-refractivity contribution in [3.05, 3.63) is 104 Å². The van der Waals surface area contributed by atoms with Gasteiger partial charge in [0.25, 0.3) is 8.87 Å². The predicted octanol–water partition coefficient (Wildman–Crippen LogP) is 8.26. The van der Waals surface area contributed by atoms with E-state index in [0.717, 1.165) is 6.92 Å². The molecule has 0 fully saturated rings. The number of carbonyl (C=O) groups is 2. The molecule has 0 aliphatic rings. The summed E-state index contributed by atoms with van der Waals surface area (Å²) >= 11 is 0. The smallest absolute Gasteiger partial charge is 0.461 e. The number of hydrogen-bond donors (Lipinski definition) is 0. The zero-order chi connectivity index (χ0) is 35.9. The van der Waals surface area contributed by atoms with Gasteiger partial charge >= 0.3 is 35.1 Å². The molecule has 0 aliphatic carbocycles. The van der Waals surface area contributed by atoms with Crippen molar-refractivity contribution < 1.29 is 63.0 Å². The van der Waals surface area contributed by atoms with Gasteiger partial charge in [0.2, 0.25) is 0 Å². The van der Waals surface area contributed by atoms with Gasteiger partial charge in [-0.05, 0) is 56.2 Å². The zero-order valence-electron chi connectivity index (χ0n) is 25.3. The largest absolute Gasteiger partial charge is 0.468 e. The van der Waals surface area contributed by atoms with E-state index in [0.29, 0.717) is 6.08 Å². The summed E-state index contributed by atoms with van der Waals surface area (Å²) in [6.45, 7) is 2.27. The summed E-state index contributed by atoms with van der Waals surface area (Å²) in [7, 11) is -10.4. The average Bonchev–Trinajstić information content (AvgIpc) is 3.05. The van der Waals surface area contributed by atoms with Crippen molar-refractivity contribution in [1.82, 2.24) is 0 Å². The summed E-state index contributed by atoms with van der Waals surface area (Å²) in [5.41, 5.74) is 0. The molecule has 0 N–H and O–H groups in total. The van der Waals surface area contributed by atoms with Gasteiger partial charge in [-0.25, -0.2) is 18.0 Å². The van der Waals surface area contributed by atoms with Crippen LogP contribution in [-0.4, -0.2) is 56.7 Å². The van der Waals surface area contributed by atoms with E-state index in [1.54, 1.807) is 0 Å². The minimum atomic E-state index is -6.21. The third kappa shape index (κ3) is 7.10. The van der Waals surface area contributed by atoms with Crippen LogP contribution in [0.15, 0.2) is 118 Å². The van der Waals surface area contributed by atoms with E-state index in [1.165, 1.54) is 91.0 Å². The molecule has 0 aromatic heterocycles. The monoisotopic (exact) mass is 724 g/mol. The van der Waals surface area contributed by atoms with Gasteiger partial charge in [0, 0.05) is 27.2 Å². The second kappa shape index (κ2) is 15.1. The van der Waals surface area contributed by atoms with Gasteiger partial charge < -0.3 is 14.2 Å². The fraction of sp³-hybridized carbons (Fsp3) is 0.312. The third-order valence-electron chi connectivity index (χ3n) is 6.81. The lowest BCUT2D eigenvalue weighted by molar-refractivity contribution is -0.354. The number of benzene rings is 3. The highest BCUT2D eigenvalue weighted by atomic mass is 33.2. The molecule has 0 spiro atoms.